The number of nitrogens with one attached hydrogen (secondary N) is 2. The summed E-state index contributed by atoms with van der Waals surface area (Å²) in [5.74, 6) is 5.18. The van der Waals surface area contributed by atoms with Crippen LogP contribution in [-0.2, 0) is 4.43 Å². The maximum absolute atomic E-state index is 6.00. The molecule has 4 N–H and O–H groups in total. The van der Waals surface area contributed by atoms with Crippen LogP contribution in [-0.4, -0.2) is 26.8 Å². The Labute approximate surface area is 106 Å². The smallest absolute Gasteiger partial charge is 0.205 e. The molecule has 0 heterocycles. The quantitative estimate of drug-likeness (QED) is 0.303. The second kappa shape index (κ2) is 7.21. The van der Waals surface area contributed by atoms with Crippen molar-refractivity contribution in [2.24, 2.45) is 11.3 Å². The molecule has 0 aliphatic carbocycles. The Morgan fingerprint density at radius 3 is 2.38 bits per heavy atom. The first-order chi connectivity index (χ1) is 7.27. The fraction of sp³-hybridized carbons (Fsp3) is 0.900. The zero-order valence-corrected chi connectivity index (χ0v) is 12.7. The lowest BCUT2D eigenvalue weighted by Gasteiger charge is -2.32. The van der Waals surface area contributed by atoms with Gasteiger partial charge in [-0.25, -0.2) is 5.84 Å². The number of thiocarbonyl (C=S) groups is 1. The first kappa shape index (κ1) is 15.8. The highest BCUT2D eigenvalue weighted by molar-refractivity contribution is 7.80. The summed E-state index contributed by atoms with van der Waals surface area (Å²) < 4.78 is 6.00. The summed E-state index contributed by atoms with van der Waals surface area (Å²) in [6.45, 7) is 11.7. The molecular weight excluding hydrogens is 238 g/mol. The molecular formula is C10H24N3OSSi. The van der Waals surface area contributed by atoms with E-state index in [1.165, 1.54) is 0 Å². The lowest BCUT2D eigenvalue weighted by Crippen LogP contribution is -2.42. The molecule has 0 saturated heterocycles. The van der Waals surface area contributed by atoms with Gasteiger partial charge in [0.2, 0.25) is 9.04 Å². The van der Waals surface area contributed by atoms with Crippen LogP contribution in [0.5, 0.6) is 0 Å². The summed E-state index contributed by atoms with van der Waals surface area (Å²) in [5.41, 5.74) is 2.56. The molecule has 0 bridgehead atoms. The van der Waals surface area contributed by atoms with E-state index in [0.717, 1.165) is 13.0 Å². The van der Waals surface area contributed by atoms with Crippen LogP contribution in [0.1, 0.15) is 27.2 Å². The van der Waals surface area contributed by atoms with Crippen LogP contribution in [0.15, 0.2) is 0 Å². The average Bonchev–Trinajstić information content (AvgIpc) is 2.13. The van der Waals surface area contributed by atoms with Crippen LogP contribution >= 0.6 is 12.2 Å². The fourth-order valence-electron chi connectivity index (χ4n) is 1.32. The van der Waals surface area contributed by atoms with Gasteiger partial charge >= 0.3 is 0 Å². The van der Waals surface area contributed by atoms with Gasteiger partial charge in [-0.05, 0) is 37.1 Å². The Morgan fingerprint density at radius 2 is 2.00 bits per heavy atom. The van der Waals surface area contributed by atoms with E-state index >= 15 is 0 Å². The molecule has 0 aromatic rings. The second-order valence-corrected chi connectivity index (χ2v) is 7.53. The summed E-state index contributed by atoms with van der Waals surface area (Å²) >= 11 is 4.91. The molecule has 0 amide bonds. The number of rotatable bonds is 5. The van der Waals surface area contributed by atoms with Crippen molar-refractivity contribution in [2.75, 3.05) is 6.54 Å². The third-order valence-electron chi connectivity index (χ3n) is 2.17. The monoisotopic (exact) mass is 262 g/mol. The van der Waals surface area contributed by atoms with E-state index in [0.29, 0.717) is 5.11 Å². The Kier molecular flexibility index (Phi) is 7.13. The van der Waals surface area contributed by atoms with Crippen LogP contribution in [0.2, 0.25) is 13.1 Å². The van der Waals surface area contributed by atoms with Gasteiger partial charge in [0.15, 0.2) is 5.11 Å². The molecule has 0 spiro atoms. The number of hydrazine groups is 1. The van der Waals surface area contributed by atoms with Gasteiger partial charge in [0, 0.05) is 6.54 Å². The highest BCUT2D eigenvalue weighted by Gasteiger charge is 2.25. The van der Waals surface area contributed by atoms with E-state index < -0.39 is 9.04 Å². The average molecular weight is 262 g/mol. The molecule has 1 atom stereocenters. The van der Waals surface area contributed by atoms with Crippen molar-refractivity contribution in [3.05, 3.63) is 0 Å². The predicted molar refractivity (Wildman–Crippen MR) is 74.4 cm³/mol. The molecule has 16 heavy (non-hydrogen) atoms. The molecule has 0 aromatic heterocycles. The minimum atomic E-state index is -0.672. The predicted octanol–water partition coefficient (Wildman–Crippen LogP) is 1.40. The maximum Gasteiger partial charge on any atom is 0.205 e. The van der Waals surface area contributed by atoms with Gasteiger partial charge in [-0.2, -0.15) is 0 Å². The van der Waals surface area contributed by atoms with E-state index in [2.05, 4.69) is 44.6 Å². The molecule has 4 nitrogen and oxygen atoms in total. The molecule has 0 rings (SSSR count). The van der Waals surface area contributed by atoms with E-state index in [9.17, 15) is 0 Å². The molecule has 0 aliphatic heterocycles. The van der Waals surface area contributed by atoms with Crippen LogP contribution in [0.4, 0.5) is 0 Å². The largest absolute Gasteiger partial charge is 0.414 e. The normalized spacial score (nSPS) is 13.7. The first-order valence-electron chi connectivity index (χ1n) is 5.48. The lowest BCUT2D eigenvalue weighted by molar-refractivity contribution is 0.0797. The van der Waals surface area contributed by atoms with Crippen molar-refractivity contribution >= 4 is 26.4 Å². The third-order valence-corrected chi connectivity index (χ3v) is 3.19. The first-order valence-corrected chi connectivity index (χ1v) is 8.30. The van der Waals surface area contributed by atoms with Gasteiger partial charge in [0.1, 0.15) is 0 Å². The van der Waals surface area contributed by atoms with Gasteiger partial charge in [-0.1, -0.05) is 20.8 Å². The number of hydrogen-bond acceptors (Lipinski definition) is 3. The van der Waals surface area contributed by atoms with Gasteiger partial charge < -0.3 is 15.2 Å². The highest BCUT2D eigenvalue weighted by atomic mass is 32.1. The maximum atomic E-state index is 6.00. The Morgan fingerprint density at radius 1 is 1.44 bits per heavy atom. The van der Waals surface area contributed by atoms with E-state index in [1.807, 2.05) is 0 Å². The highest BCUT2D eigenvalue weighted by Crippen LogP contribution is 2.25. The lowest BCUT2D eigenvalue weighted by atomic mass is 9.87. The van der Waals surface area contributed by atoms with Gasteiger partial charge in [-0.15, -0.1) is 0 Å². The fourth-order valence-corrected chi connectivity index (χ4v) is 2.46. The van der Waals surface area contributed by atoms with E-state index in [-0.39, 0.29) is 11.5 Å². The van der Waals surface area contributed by atoms with Gasteiger partial charge in [-0.3, -0.25) is 0 Å². The molecule has 0 fully saturated rings. The molecule has 95 valence electrons. The Balaban J connectivity index is 4.08. The number of nitrogens with two attached hydrogens (primary N) is 1. The Hall–Kier alpha value is -0.173. The Bertz CT molecular complexity index is 219. The van der Waals surface area contributed by atoms with Crippen LogP contribution in [0.25, 0.3) is 0 Å². The van der Waals surface area contributed by atoms with E-state index in [1.54, 1.807) is 0 Å². The molecule has 1 radical (unpaired) electrons. The summed E-state index contributed by atoms with van der Waals surface area (Å²) in [6.07, 6.45) is 1.19. The third kappa shape index (κ3) is 7.16. The minimum Gasteiger partial charge on any atom is -0.414 e. The van der Waals surface area contributed by atoms with Gasteiger partial charge in [0.05, 0.1) is 6.10 Å². The summed E-state index contributed by atoms with van der Waals surface area (Å²) in [6, 6.07) is 0. The molecule has 0 saturated carbocycles. The zero-order chi connectivity index (χ0) is 12.8. The standard InChI is InChI=1S/C10H24N3OSSi/c1-10(2,3)8(14-16(4)5)6-7-12-9(15)13-11/h8H,6-7,11H2,1-5H3,(H2,12,13,15). The second-order valence-electron chi connectivity index (χ2n) is 5.07. The molecule has 1 unspecified atom stereocenters. The summed E-state index contributed by atoms with van der Waals surface area (Å²) in [7, 11) is -0.672. The van der Waals surface area contributed by atoms with Crippen LogP contribution < -0.4 is 16.6 Å². The van der Waals surface area contributed by atoms with Crippen molar-refractivity contribution < 1.29 is 4.43 Å². The van der Waals surface area contributed by atoms with Crippen LogP contribution in [0.3, 0.4) is 0 Å². The minimum absolute atomic E-state index is 0.154. The zero-order valence-electron chi connectivity index (χ0n) is 10.9. The molecule has 0 aromatic carbocycles. The van der Waals surface area contributed by atoms with Gasteiger partial charge in [0.25, 0.3) is 0 Å². The van der Waals surface area contributed by atoms with Crippen molar-refractivity contribution in [1.82, 2.24) is 10.7 Å². The van der Waals surface area contributed by atoms with E-state index in [4.69, 9.17) is 22.5 Å². The van der Waals surface area contributed by atoms with Crippen molar-refractivity contribution in [3.8, 4) is 0 Å². The topological polar surface area (TPSA) is 59.3 Å². The van der Waals surface area contributed by atoms with Crippen molar-refractivity contribution in [1.29, 1.82) is 0 Å². The summed E-state index contributed by atoms with van der Waals surface area (Å²) in [4.78, 5) is 0. The molecule has 0 aliphatic rings. The summed E-state index contributed by atoms with van der Waals surface area (Å²) in [5, 5.41) is 3.51. The molecule has 6 heteroatoms. The van der Waals surface area contributed by atoms with Crippen molar-refractivity contribution in [3.63, 3.8) is 0 Å². The SMILES string of the molecule is C[Si](C)OC(CCNC(=S)NN)C(C)(C)C. The number of hydrogen-bond donors (Lipinski definition) is 3. The van der Waals surface area contributed by atoms with Crippen LogP contribution in [0, 0.1) is 5.41 Å². The van der Waals surface area contributed by atoms with Crippen molar-refractivity contribution in [2.45, 2.75) is 46.4 Å².